The van der Waals surface area contributed by atoms with E-state index in [4.69, 9.17) is 0 Å². The van der Waals surface area contributed by atoms with Crippen molar-refractivity contribution >= 4 is 17.9 Å². The highest BCUT2D eigenvalue weighted by Crippen LogP contribution is 2.27. The van der Waals surface area contributed by atoms with Crippen molar-refractivity contribution in [3.05, 3.63) is 12.2 Å². The maximum atomic E-state index is 11.8. The van der Waals surface area contributed by atoms with Crippen LogP contribution in [0.1, 0.15) is 150 Å². The van der Waals surface area contributed by atoms with Crippen LogP contribution in [0, 0.1) is 0 Å². The van der Waals surface area contributed by atoms with Crippen LogP contribution in [0.3, 0.4) is 0 Å². The molecule has 0 saturated carbocycles. The third kappa shape index (κ3) is 15.5. The van der Waals surface area contributed by atoms with Crippen LogP contribution in [0.2, 0.25) is 0 Å². The average molecular weight is 555 g/mol. The molecule has 3 atom stereocenters. The molecule has 0 aromatic rings. The molecule has 7 nitrogen and oxygen atoms in total. The highest BCUT2D eigenvalue weighted by Gasteiger charge is 2.52. The average Bonchev–Trinajstić information content (AvgIpc) is 2.90. The zero-order valence-corrected chi connectivity index (χ0v) is 25.5. The molecule has 0 saturated heterocycles. The Morgan fingerprint density at radius 1 is 0.513 bits per heavy atom. The lowest BCUT2D eigenvalue weighted by Gasteiger charge is -2.47. The van der Waals surface area contributed by atoms with Gasteiger partial charge in [-0.3, -0.25) is 4.48 Å². The van der Waals surface area contributed by atoms with E-state index in [1.165, 1.54) is 117 Å². The van der Waals surface area contributed by atoms with E-state index < -0.39 is 40.5 Å². The summed E-state index contributed by atoms with van der Waals surface area (Å²) in [5, 5.41) is 28.9. The summed E-state index contributed by atoms with van der Waals surface area (Å²) in [7, 11) is 0. The van der Waals surface area contributed by atoms with Crippen LogP contribution in [0.15, 0.2) is 12.2 Å². The molecule has 39 heavy (non-hydrogen) atoms. The molecule has 3 unspecified atom stereocenters. The Bertz CT molecular complexity index is 642. The van der Waals surface area contributed by atoms with Crippen LogP contribution in [0.5, 0.6) is 0 Å². The van der Waals surface area contributed by atoms with E-state index in [1.807, 2.05) is 0 Å². The topological polar surface area (TPSA) is 112 Å². The summed E-state index contributed by atoms with van der Waals surface area (Å²) in [6, 6.07) is -3.36. The molecular formula is C32H60NO6+. The Kier molecular flexibility index (Phi) is 21.8. The number of rotatable bonds is 27. The van der Waals surface area contributed by atoms with Crippen molar-refractivity contribution in [1.29, 1.82) is 0 Å². The molecule has 3 N–H and O–H groups in total. The second kappa shape index (κ2) is 22.9. The van der Waals surface area contributed by atoms with Crippen LogP contribution in [0.4, 0.5) is 0 Å². The fraction of sp³-hybridized carbons (Fsp3) is 0.844. The zero-order valence-electron chi connectivity index (χ0n) is 25.5. The number of unbranched alkanes of at least 4 members (excludes halogenated alkanes) is 18. The van der Waals surface area contributed by atoms with E-state index in [0.717, 1.165) is 19.3 Å². The molecule has 0 heterocycles. The fourth-order valence-electron chi connectivity index (χ4n) is 5.85. The van der Waals surface area contributed by atoms with Crippen molar-refractivity contribution < 1.29 is 34.2 Å². The molecule has 0 rings (SSSR count). The number of hydrogen-bond acceptors (Lipinski definition) is 3. The Hall–Kier alpha value is -1.89. The standard InChI is InChI=1S/C32H59NO6/c1-5-6-7-8-9-10-11-12-13-14-15-16-17-18-19-20-21-22-23-24-25-26-33(27(2)30(34)35,28(3)31(36)37)29(4)32(38)39/h5-6,27-29H,7-26H2,1-4H3,(H2-,34,35,36,37,38,39)/p+1/b6-5+. The second-order valence-electron chi connectivity index (χ2n) is 11.5. The van der Waals surface area contributed by atoms with Gasteiger partial charge >= 0.3 is 17.9 Å². The highest BCUT2D eigenvalue weighted by atomic mass is 16.4. The van der Waals surface area contributed by atoms with Crippen LogP contribution in [0.25, 0.3) is 0 Å². The van der Waals surface area contributed by atoms with E-state index >= 15 is 0 Å². The highest BCUT2D eigenvalue weighted by molar-refractivity contribution is 5.77. The number of carbonyl (C=O) groups is 3. The molecule has 0 aromatic heterocycles. The van der Waals surface area contributed by atoms with Gasteiger partial charge in [0.2, 0.25) is 0 Å². The molecule has 0 aliphatic carbocycles. The summed E-state index contributed by atoms with van der Waals surface area (Å²) in [6.45, 7) is 6.60. The lowest BCUT2D eigenvalue weighted by atomic mass is 9.99. The summed E-state index contributed by atoms with van der Waals surface area (Å²) in [5.41, 5.74) is 0. The summed E-state index contributed by atoms with van der Waals surface area (Å²) < 4.78 is -0.475. The normalized spacial score (nSPS) is 15.6. The first-order valence-electron chi connectivity index (χ1n) is 15.8. The smallest absolute Gasteiger partial charge is 0.362 e. The van der Waals surface area contributed by atoms with Gasteiger partial charge in [-0.15, -0.1) is 0 Å². The molecule has 0 amide bonds. The van der Waals surface area contributed by atoms with Crippen LogP contribution in [-0.2, 0) is 14.4 Å². The van der Waals surface area contributed by atoms with Crippen molar-refractivity contribution in [2.75, 3.05) is 6.54 Å². The zero-order chi connectivity index (χ0) is 29.5. The Morgan fingerprint density at radius 3 is 1.03 bits per heavy atom. The lowest BCUT2D eigenvalue weighted by Crippen LogP contribution is -2.70. The van der Waals surface area contributed by atoms with Gasteiger partial charge in [-0.2, -0.15) is 0 Å². The molecule has 0 aromatic carbocycles. The van der Waals surface area contributed by atoms with E-state index in [9.17, 15) is 29.7 Å². The summed E-state index contributed by atoms with van der Waals surface area (Å²) in [4.78, 5) is 35.4. The predicted molar refractivity (Wildman–Crippen MR) is 159 cm³/mol. The van der Waals surface area contributed by atoms with Crippen LogP contribution < -0.4 is 0 Å². The van der Waals surface area contributed by atoms with Gasteiger partial charge in [0.25, 0.3) is 0 Å². The van der Waals surface area contributed by atoms with Crippen LogP contribution >= 0.6 is 0 Å². The fourth-order valence-corrected chi connectivity index (χ4v) is 5.85. The van der Waals surface area contributed by atoms with Gasteiger partial charge < -0.3 is 15.3 Å². The molecule has 0 aliphatic rings. The number of allylic oxidation sites excluding steroid dienone is 2. The first-order chi connectivity index (χ1) is 18.6. The van der Waals surface area contributed by atoms with E-state index in [2.05, 4.69) is 19.1 Å². The number of hydrogen-bond donors (Lipinski definition) is 3. The minimum Gasteiger partial charge on any atom is -0.477 e. The minimum atomic E-state index is -1.17. The van der Waals surface area contributed by atoms with Crippen molar-refractivity contribution in [2.24, 2.45) is 0 Å². The van der Waals surface area contributed by atoms with Gasteiger partial charge in [0, 0.05) is 0 Å². The van der Waals surface area contributed by atoms with E-state index in [-0.39, 0.29) is 6.54 Å². The summed E-state index contributed by atoms with van der Waals surface area (Å²) in [6.07, 6.45) is 27.9. The van der Waals surface area contributed by atoms with Gasteiger partial charge in [-0.25, -0.2) is 14.4 Å². The number of quaternary nitrogens is 1. The second-order valence-corrected chi connectivity index (χ2v) is 11.5. The number of nitrogens with zero attached hydrogens (tertiary/aromatic N) is 1. The minimum absolute atomic E-state index is 0.227. The molecule has 0 radical (unpaired) electrons. The number of aliphatic carboxylic acids is 3. The molecule has 0 bridgehead atoms. The Labute approximate surface area is 238 Å². The summed E-state index contributed by atoms with van der Waals surface area (Å²) in [5.74, 6) is -3.51. The molecular weight excluding hydrogens is 494 g/mol. The monoisotopic (exact) mass is 554 g/mol. The van der Waals surface area contributed by atoms with Crippen molar-refractivity contribution in [1.82, 2.24) is 0 Å². The van der Waals surface area contributed by atoms with Crippen molar-refractivity contribution in [2.45, 2.75) is 168 Å². The van der Waals surface area contributed by atoms with Gasteiger partial charge in [0.15, 0.2) is 18.1 Å². The molecule has 228 valence electrons. The van der Waals surface area contributed by atoms with E-state index in [1.54, 1.807) is 0 Å². The van der Waals surface area contributed by atoms with Gasteiger partial charge in [0.05, 0.1) is 6.54 Å². The largest absolute Gasteiger partial charge is 0.477 e. The Balaban J connectivity index is 3.99. The van der Waals surface area contributed by atoms with E-state index in [0.29, 0.717) is 6.42 Å². The molecule has 0 aliphatic heterocycles. The van der Waals surface area contributed by atoms with Gasteiger partial charge in [-0.05, 0) is 53.4 Å². The molecule has 7 heteroatoms. The summed E-state index contributed by atoms with van der Waals surface area (Å²) >= 11 is 0. The first kappa shape index (κ1) is 37.1. The molecule has 0 fully saturated rings. The first-order valence-corrected chi connectivity index (χ1v) is 15.8. The van der Waals surface area contributed by atoms with Gasteiger partial charge in [0.1, 0.15) is 0 Å². The number of carboxylic acids is 3. The SMILES string of the molecule is C/C=C/CCCCCCCCCCCCCCCCCCCC[N+](C(C)C(=O)O)(C(C)C(=O)O)C(C)C(=O)O. The van der Waals surface area contributed by atoms with Crippen molar-refractivity contribution in [3.8, 4) is 0 Å². The quantitative estimate of drug-likeness (QED) is 0.0536. The maximum absolute atomic E-state index is 11.8. The van der Waals surface area contributed by atoms with Gasteiger partial charge in [-0.1, -0.05) is 108 Å². The number of carboxylic acid groups (broad SMARTS) is 3. The van der Waals surface area contributed by atoms with Crippen molar-refractivity contribution in [3.63, 3.8) is 0 Å². The Morgan fingerprint density at radius 2 is 0.769 bits per heavy atom. The molecule has 0 spiro atoms. The third-order valence-corrected chi connectivity index (χ3v) is 8.64. The third-order valence-electron chi connectivity index (χ3n) is 8.64. The maximum Gasteiger partial charge on any atom is 0.362 e. The predicted octanol–water partition coefficient (Wildman–Crippen LogP) is 8.21. The lowest BCUT2D eigenvalue weighted by molar-refractivity contribution is -0.968. The van der Waals surface area contributed by atoms with Crippen LogP contribution in [-0.4, -0.2) is 62.4 Å².